The van der Waals surface area contributed by atoms with E-state index in [-0.39, 0.29) is 11.8 Å². The van der Waals surface area contributed by atoms with E-state index < -0.39 is 5.92 Å². The van der Waals surface area contributed by atoms with Crippen molar-refractivity contribution in [3.63, 3.8) is 0 Å². The topological polar surface area (TPSA) is 58.6 Å². The molecule has 1 aliphatic heterocycles. The van der Waals surface area contributed by atoms with Gasteiger partial charge in [0.1, 0.15) is 11.7 Å². The summed E-state index contributed by atoms with van der Waals surface area (Å²) in [5.41, 5.74) is 1.74. The molecule has 0 unspecified atom stereocenters. The Morgan fingerprint density at radius 2 is 1.89 bits per heavy atom. The number of anilines is 1. The maximum absolute atomic E-state index is 12.6. The third-order valence-electron chi connectivity index (χ3n) is 4.82. The maximum Gasteiger partial charge on any atom is 0.239 e. The summed E-state index contributed by atoms with van der Waals surface area (Å²) in [4.78, 5) is 26.8. The largest absolute Gasteiger partial charge is 0.494 e. The Labute approximate surface area is 170 Å². The van der Waals surface area contributed by atoms with Gasteiger partial charge in [0.05, 0.1) is 6.61 Å². The van der Waals surface area contributed by atoms with E-state index in [2.05, 4.69) is 12.2 Å². The van der Waals surface area contributed by atoms with E-state index in [1.54, 1.807) is 29.2 Å². The van der Waals surface area contributed by atoms with Gasteiger partial charge in [0.2, 0.25) is 11.8 Å². The SMILES string of the molecule is CCCCOc1ccc(CNC(=O)[C@@H]2CCN(c3ccc(Cl)cc3)C2=O)cc1. The first-order valence-electron chi connectivity index (χ1n) is 9.65. The number of carbonyl (C=O) groups excluding carboxylic acids is 2. The number of nitrogens with one attached hydrogen (secondary N) is 1. The molecule has 0 saturated carbocycles. The van der Waals surface area contributed by atoms with Crippen LogP contribution in [0.15, 0.2) is 48.5 Å². The van der Waals surface area contributed by atoms with Gasteiger partial charge in [0.25, 0.3) is 0 Å². The van der Waals surface area contributed by atoms with Crippen molar-refractivity contribution in [3.05, 3.63) is 59.1 Å². The smallest absolute Gasteiger partial charge is 0.239 e. The van der Waals surface area contributed by atoms with E-state index in [1.165, 1.54) is 0 Å². The van der Waals surface area contributed by atoms with Crippen LogP contribution in [0.2, 0.25) is 5.02 Å². The number of hydrogen-bond acceptors (Lipinski definition) is 3. The van der Waals surface area contributed by atoms with Crippen LogP contribution in [0.5, 0.6) is 5.75 Å². The zero-order valence-electron chi connectivity index (χ0n) is 16.0. The molecule has 0 bridgehead atoms. The first-order valence-corrected chi connectivity index (χ1v) is 10.0. The molecule has 6 heteroatoms. The Kier molecular flexibility index (Phi) is 6.93. The van der Waals surface area contributed by atoms with Gasteiger partial charge in [-0.3, -0.25) is 9.59 Å². The number of unbranched alkanes of at least 4 members (excludes halogenated alkanes) is 1. The highest BCUT2D eigenvalue weighted by molar-refractivity contribution is 6.30. The highest BCUT2D eigenvalue weighted by Gasteiger charge is 2.37. The normalized spacial score (nSPS) is 16.3. The Morgan fingerprint density at radius 1 is 1.18 bits per heavy atom. The minimum absolute atomic E-state index is 0.167. The Morgan fingerprint density at radius 3 is 2.57 bits per heavy atom. The molecular formula is C22H25ClN2O3. The minimum atomic E-state index is -0.646. The summed E-state index contributed by atoms with van der Waals surface area (Å²) in [6, 6.07) is 14.7. The van der Waals surface area contributed by atoms with Crippen molar-refractivity contribution in [1.82, 2.24) is 5.32 Å². The molecule has 3 rings (SSSR count). The van der Waals surface area contributed by atoms with Crippen LogP contribution in [-0.2, 0) is 16.1 Å². The van der Waals surface area contributed by atoms with Crippen molar-refractivity contribution < 1.29 is 14.3 Å². The fraction of sp³-hybridized carbons (Fsp3) is 0.364. The molecule has 28 heavy (non-hydrogen) atoms. The summed E-state index contributed by atoms with van der Waals surface area (Å²) in [5, 5.41) is 3.49. The highest BCUT2D eigenvalue weighted by Crippen LogP contribution is 2.26. The molecule has 5 nitrogen and oxygen atoms in total. The third-order valence-corrected chi connectivity index (χ3v) is 5.07. The summed E-state index contributed by atoms with van der Waals surface area (Å²) in [5.74, 6) is -0.218. The van der Waals surface area contributed by atoms with Gasteiger partial charge >= 0.3 is 0 Å². The van der Waals surface area contributed by atoms with Crippen molar-refractivity contribution >= 4 is 29.1 Å². The summed E-state index contributed by atoms with van der Waals surface area (Å²) >= 11 is 5.90. The molecule has 0 spiro atoms. The third kappa shape index (κ3) is 5.04. The number of benzene rings is 2. The van der Waals surface area contributed by atoms with Crippen molar-refractivity contribution in [2.24, 2.45) is 5.92 Å². The maximum atomic E-state index is 12.6. The van der Waals surface area contributed by atoms with Crippen molar-refractivity contribution in [3.8, 4) is 5.75 Å². The zero-order valence-corrected chi connectivity index (χ0v) is 16.7. The van der Waals surface area contributed by atoms with Crippen LogP contribution in [0.1, 0.15) is 31.7 Å². The molecule has 0 aromatic heterocycles. The van der Waals surface area contributed by atoms with Crippen LogP contribution < -0.4 is 15.0 Å². The number of carbonyl (C=O) groups is 2. The summed E-state index contributed by atoms with van der Waals surface area (Å²) in [7, 11) is 0. The molecular weight excluding hydrogens is 376 g/mol. The molecule has 1 atom stereocenters. The fourth-order valence-electron chi connectivity index (χ4n) is 3.15. The van der Waals surface area contributed by atoms with Gasteiger partial charge in [-0.1, -0.05) is 37.1 Å². The second-order valence-corrected chi connectivity index (χ2v) is 7.31. The van der Waals surface area contributed by atoms with Crippen molar-refractivity contribution in [2.75, 3.05) is 18.1 Å². The first-order chi connectivity index (χ1) is 13.6. The van der Waals surface area contributed by atoms with E-state index in [1.807, 2.05) is 24.3 Å². The van der Waals surface area contributed by atoms with Gasteiger partial charge in [-0.2, -0.15) is 0 Å². The molecule has 2 amide bonds. The Balaban J connectivity index is 1.51. The second kappa shape index (κ2) is 9.60. The molecule has 1 saturated heterocycles. The predicted molar refractivity (Wildman–Crippen MR) is 111 cm³/mol. The number of hydrogen-bond donors (Lipinski definition) is 1. The van der Waals surface area contributed by atoms with Crippen molar-refractivity contribution in [2.45, 2.75) is 32.7 Å². The number of halogens is 1. The summed E-state index contributed by atoms with van der Waals surface area (Å²) < 4.78 is 5.64. The van der Waals surface area contributed by atoms with Gasteiger partial charge < -0.3 is 15.0 Å². The average molecular weight is 401 g/mol. The number of amides is 2. The van der Waals surface area contributed by atoms with Crippen LogP contribution in [-0.4, -0.2) is 25.0 Å². The van der Waals surface area contributed by atoms with Gasteiger partial charge in [-0.05, 0) is 54.8 Å². The lowest BCUT2D eigenvalue weighted by Gasteiger charge is -2.17. The molecule has 0 radical (unpaired) electrons. The molecule has 2 aromatic rings. The zero-order chi connectivity index (χ0) is 19.9. The number of nitrogens with zero attached hydrogens (tertiary/aromatic N) is 1. The van der Waals surface area contributed by atoms with E-state index in [0.29, 0.717) is 31.1 Å². The lowest BCUT2D eigenvalue weighted by molar-refractivity contribution is -0.132. The van der Waals surface area contributed by atoms with Gasteiger partial charge in [0.15, 0.2) is 0 Å². The van der Waals surface area contributed by atoms with E-state index in [4.69, 9.17) is 16.3 Å². The Hall–Kier alpha value is -2.53. The molecule has 1 N–H and O–H groups in total. The molecule has 1 fully saturated rings. The first kappa shape index (κ1) is 20.2. The summed E-state index contributed by atoms with van der Waals surface area (Å²) in [6.07, 6.45) is 2.64. The lowest BCUT2D eigenvalue weighted by Crippen LogP contribution is -2.36. The van der Waals surface area contributed by atoms with Crippen LogP contribution in [0.25, 0.3) is 0 Å². The standard InChI is InChI=1S/C22H25ClN2O3/c1-2-3-14-28-19-10-4-16(5-11-19)15-24-21(26)20-12-13-25(22(20)27)18-8-6-17(23)7-9-18/h4-11,20H,2-3,12-15H2,1H3,(H,24,26)/t20-/m0/s1. The van der Waals surface area contributed by atoms with E-state index in [9.17, 15) is 9.59 Å². The second-order valence-electron chi connectivity index (χ2n) is 6.87. The number of rotatable bonds is 8. The molecule has 148 valence electrons. The fourth-order valence-corrected chi connectivity index (χ4v) is 3.28. The van der Waals surface area contributed by atoms with E-state index in [0.717, 1.165) is 29.8 Å². The molecule has 1 heterocycles. The Bertz CT molecular complexity index is 806. The highest BCUT2D eigenvalue weighted by atomic mass is 35.5. The van der Waals surface area contributed by atoms with Crippen LogP contribution in [0, 0.1) is 5.92 Å². The number of ether oxygens (including phenoxy) is 1. The predicted octanol–water partition coefficient (Wildman–Crippen LogP) is 4.19. The molecule has 1 aliphatic rings. The molecule has 2 aromatic carbocycles. The lowest BCUT2D eigenvalue weighted by atomic mass is 10.1. The van der Waals surface area contributed by atoms with Gasteiger partial charge in [-0.15, -0.1) is 0 Å². The van der Waals surface area contributed by atoms with Crippen LogP contribution in [0.3, 0.4) is 0 Å². The van der Waals surface area contributed by atoms with E-state index >= 15 is 0 Å². The molecule has 0 aliphatic carbocycles. The quantitative estimate of drug-likeness (QED) is 0.534. The monoisotopic (exact) mass is 400 g/mol. The minimum Gasteiger partial charge on any atom is -0.494 e. The van der Waals surface area contributed by atoms with Gasteiger partial charge in [-0.25, -0.2) is 0 Å². The van der Waals surface area contributed by atoms with Crippen molar-refractivity contribution in [1.29, 1.82) is 0 Å². The van der Waals surface area contributed by atoms with Crippen LogP contribution >= 0.6 is 11.6 Å². The summed E-state index contributed by atoms with van der Waals surface area (Å²) in [6.45, 7) is 3.75. The average Bonchev–Trinajstić information content (AvgIpc) is 3.09. The van der Waals surface area contributed by atoms with Gasteiger partial charge in [0, 0.05) is 23.8 Å². The van der Waals surface area contributed by atoms with Crippen LogP contribution in [0.4, 0.5) is 5.69 Å².